The predicted molar refractivity (Wildman–Crippen MR) is 435 cm³/mol. The van der Waals surface area contributed by atoms with Gasteiger partial charge in [0.1, 0.15) is 72.5 Å². The minimum Gasteiger partial charge on any atom is -0.481 e. The number of nitrogens with zero attached hydrogens (tertiary/aromatic N) is 2. The second-order valence-electron chi connectivity index (χ2n) is 29.6. The van der Waals surface area contributed by atoms with Crippen LogP contribution in [0.5, 0.6) is 0 Å². The third kappa shape index (κ3) is 38.2. The van der Waals surface area contributed by atoms with Crippen molar-refractivity contribution in [1.29, 1.82) is 0 Å². The number of carbonyl (C=O) groups is 15. The van der Waals surface area contributed by atoms with Gasteiger partial charge in [-0.05, 0) is 104 Å². The summed E-state index contributed by atoms with van der Waals surface area (Å²) >= 11 is 1.34. The lowest BCUT2D eigenvalue weighted by Gasteiger charge is -2.31. The molecule has 0 saturated carbocycles. The van der Waals surface area contributed by atoms with E-state index in [0.29, 0.717) is 16.9 Å². The molecule has 0 radical (unpaired) electrons. The minimum atomic E-state index is -1.91. The summed E-state index contributed by atoms with van der Waals surface area (Å²) in [6.45, 7) is 15.8. The zero-order chi connectivity index (χ0) is 87.5. The molecule has 0 saturated heterocycles. The number of carbonyl (C=O) groups excluding carboxylic acids is 12. The number of carboxylic acid groups (broad SMARTS) is 3. The molecule has 116 heavy (non-hydrogen) atoms. The smallest absolute Gasteiger partial charge is 0.326 e. The molecule has 0 unspecified atom stereocenters. The van der Waals surface area contributed by atoms with E-state index in [9.17, 15) is 87.2 Å². The van der Waals surface area contributed by atoms with Crippen LogP contribution in [0.15, 0.2) is 70.6 Å². The molecule has 0 aliphatic heterocycles. The number of nitrogens with one attached hydrogen (secondary N) is 12. The van der Waals surface area contributed by atoms with Crippen LogP contribution < -0.4 is 92.5 Å². The Bertz CT molecular complexity index is 3610. The lowest BCUT2D eigenvalue weighted by atomic mass is 9.94. The second-order valence-corrected chi connectivity index (χ2v) is 30.6. The summed E-state index contributed by atoms with van der Waals surface area (Å²) < 4.78 is 0. The van der Waals surface area contributed by atoms with Gasteiger partial charge in [0.25, 0.3) is 0 Å². The Morgan fingerprint density at radius 1 is 0.388 bits per heavy atom. The fourth-order valence-electron chi connectivity index (χ4n) is 11.8. The maximum Gasteiger partial charge on any atom is 0.326 e. The van der Waals surface area contributed by atoms with Gasteiger partial charge in [-0.2, -0.15) is 11.8 Å². The number of aliphatic hydroxyl groups is 1. The van der Waals surface area contributed by atoms with E-state index in [2.05, 4.69) is 73.8 Å². The molecule has 2 aromatic carbocycles. The molecule has 0 bridgehead atoms. The molecule has 0 aliphatic carbocycles. The van der Waals surface area contributed by atoms with Crippen molar-refractivity contribution in [3.8, 4) is 0 Å². The molecule has 0 spiro atoms. The second kappa shape index (κ2) is 53.5. The Labute approximate surface area is 681 Å². The van der Waals surface area contributed by atoms with Gasteiger partial charge in [0.15, 0.2) is 11.9 Å². The van der Waals surface area contributed by atoms with Crippen molar-refractivity contribution in [2.24, 2.45) is 68.2 Å². The SMILES string of the molecule is CC[C@H](C)[C@H](NC(=O)[C@H](CCCN=C(N)N)NC(=O)[C@H](CCSC)NC(=O)[C@@H](N)CCC(=O)O)C(=O)N[C@@H](CO)C(=O)N[C@@H](CCCN=C(N)N)C(=O)N[C@H](C(=O)N[C@H](C(=O)N[C@@H](CC(C)C)C(=O)N[C@@H](CC(=O)O)C(=O)N[C@@H](Cc1ccccc1)C(=O)N[C@@H](CC(C)C)C(=O)N[C@@H](Cc1ccccc1)C(=O)O)[C@@H](C)CC)[C@@H](C)CC. The molecule has 2 rings (SSSR count). The molecule has 38 nitrogen and oxygen atoms in total. The molecule has 39 heteroatoms. The van der Waals surface area contributed by atoms with Crippen LogP contribution in [-0.2, 0) is 84.8 Å². The van der Waals surface area contributed by atoms with Crippen molar-refractivity contribution in [3.05, 3.63) is 71.8 Å². The number of hydrogen-bond acceptors (Lipinski definition) is 20. The monoisotopic (exact) mass is 1650 g/mol. The van der Waals surface area contributed by atoms with Crippen LogP contribution in [-0.4, -0.2) is 231 Å². The average molecular weight is 1650 g/mol. The number of rotatable bonds is 56. The molecule has 0 aromatic heterocycles. The fourth-order valence-corrected chi connectivity index (χ4v) is 12.3. The zero-order valence-corrected chi connectivity index (χ0v) is 69.0. The van der Waals surface area contributed by atoms with Crippen molar-refractivity contribution in [2.45, 2.75) is 244 Å². The summed E-state index contributed by atoms with van der Waals surface area (Å²) in [7, 11) is 0. The lowest BCUT2D eigenvalue weighted by molar-refractivity contribution is -0.142. The molecular formula is C77H125N19O19S. The number of aliphatic imine (C=N–C) groups is 2. The average Bonchev–Trinajstić information content (AvgIpc) is 0.844. The Balaban J connectivity index is 2.55. The van der Waals surface area contributed by atoms with Crippen molar-refractivity contribution < 1.29 is 92.3 Å². The standard InChI is InChI=1S/C77H125N19O19S/c1-12-43(8)60(94-65(104)49(27-21-32-83-76(79)80)86-64(103)51(31-34-116-11)85-63(102)48(78)29-30-58(98)99)73(112)93-57(40-97)71(110)87-50(28-22-33-84-77(81)82)66(105)95-62(45(10)14-3)74(113)96-61(44(9)13-2)72(111)91-53(36-42(6)7)67(106)90-55(39-59(100)101)70(109)89-54(37-46-23-17-15-18-24-46)69(108)88-52(35-41(4)5)68(107)92-56(75(114)115)38-47-25-19-16-20-26-47/h15-20,23-26,41-45,48-57,60-62,97H,12-14,21-22,27-40,78H2,1-11H3,(H,85,102)(H,86,103)(H,87,110)(H,88,108)(H,89,109)(H,90,106)(H,91,111)(H,92,107)(H,93,112)(H,94,104)(H,95,105)(H,96,113)(H,98,99)(H,100,101)(H,114,115)(H4,79,80,83)(H4,81,82,84)/t43-,44-,45-,48-,49-,50-,51-,52-,53-,54-,55-,56-,57-,60-,61-,62-/m0/s1. The summed E-state index contributed by atoms with van der Waals surface area (Å²) in [5.74, 6) is -18.3. The van der Waals surface area contributed by atoms with Gasteiger partial charge < -0.3 is 113 Å². The van der Waals surface area contributed by atoms with Crippen LogP contribution in [0, 0.1) is 29.6 Å². The largest absolute Gasteiger partial charge is 0.481 e. The predicted octanol–water partition coefficient (Wildman–Crippen LogP) is -1.88. The molecular weight excluding hydrogens is 1530 g/mol. The number of thioether (sulfide) groups is 1. The topological polar surface area (TPSA) is 636 Å². The molecule has 16 atom stereocenters. The summed E-state index contributed by atoms with van der Waals surface area (Å²) in [5, 5.41) is 71.2. The van der Waals surface area contributed by atoms with Crippen molar-refractivity contribution in [2.75, 3.05) is 31.7 Å². The van der Waals surface area contributed by atoms with Crippen LogP contribution in [0.1, 0.15) is 164 Å². The molecule has 648 valence electrons. The first-order valence-corrected chi connectivity index (χ1v) is 40.4. The first kappa shape index (κ1) is 101. The van der Waals surface area contributed by atoms with E-state index in [1.165, 1.54) is 11.8 Å². The summed E-state index contributed by atoms with van der Waals surface area (Å²) in [6.07, 6.45) is 0.224. The van der Waals surface area contributed by atoms with Gasteiger partial charge >= 0.3 is 17.9 Å². The van der Waals surface area contributed by atoms with Crippen LogP contribution >= 0.6 is 11.8 Å². The quantitative estimate of drug-likeness (QED) is 0.0196. The van der Waals surface area contributed by atoms with Gasteiger partial charge in [-0.25, -0.2) is 4.79 Å². The Morgan fingerprint density at radius 3 is 1.09 bits per heavy atom. The summed E-state index contributed by atoms with van der Waals surface area (Å²) in [5.41, 5.74) is 29.3. The highest BCUT2D eigenvalue weighted by Gasteiger charge is 2.40. The highest BCUT2D eigenvalue weighted by Crippen LogP contribution is 2.18. The van der Waals surface area contributed by atoms with Crippen LogP contribution in [0.4, 0.5) is 0 Å². The summed E-state index contributed by atoms with van der Waals surface area (Å²) in [4.78, 5) is 216. The third-order valence-corrected chi connectivity index (χ3v) is 19.8. The fraction of sp³-hybridized carbons (Fsp3) is 0.623. The van der Waals surface area contributed by atoms with E-state index >= 15 is 0 Å². The van der Waals surface area contributed by atoms with E-state index in [-0.39, 0.29) is 120 Å². The molecule has 0 fully saturated rings. The maximum absolute atomic E-state index is 14.8. The highest BCUT2D eigenvalue weighted by molar-refractivity contribution is 7.98. The number of guanidine groups is 2. The van der Waals surface area contributed by atoms with Gasteiger partial charge in [0, 0.05) is 32.4 Å². The number of aliphatic carboxylic acids is 3. The van der Waals surface area contributed by atoms with Crippen LogP contribution in [0.25, 0.3) is 0 Å². The Hall–Kier alpha value is -10.7. The van der Waals surface area contributed by atoms with Gasteiger partial charge in [-0.1, -0.05) is 149 Å². The first-order chi connectivity index (χ1) is 54.7. The number of hydrogen-bond donors (Lipinski definition) is 21. The Morgan fingerprint density at radius 2 is 0.707 bits per heavy atom. The van der Waals surface area contributed by atoms with Gasteiger partial charge in [-0.3, -0.25) is 77.1 Å². The van der Waals surface area contributed by atoms with Crippen molar-refractivity contribution >= 4 is 112 Å². The molecule has 2 aromatic rings. The highest BCUT2D eigenvalue weighted by atomic mass is 32.2. The van der Waals surface area contributed by atoms with E-state index in [4.69, 9.17) is 33.8 Å². The zero-order valence-electron chi connectivity index (χ0n) is 68.2. The number of aliphatic hydroxyl groups excluding tert-OH is 1. The molecule has 0 aliphatic rings. The number of amides is 12. The van der Waals surface area contributed by atoms with E-state index in [1.54, 1.807) is 136 Å². The van der Waals surface area contributed by atoms with Gasteiger partial charge in [0.2, 0.25) is 70.9 Å². The number of carboxylic acids is 3. The van der Waals surface area contributed by atoms with Crippen molar-refractivity contribution in [3.63, 3.8) is 0 Å². The van der Waals surface area contributed by atoms with E-state index < -0.39 is 205 Å². The molecule has 26 N–H and O–H groups in total. The number of benzene rings is 2. The van der Waals surface area contributed by atoms with Crippen molar-refractivity contribution in [1.82, 2.24) is 63.8 Å². The van der Waals surface area contributed by atoms with Crippen LogP contribution in [0.3, 0.4) is 0 Å². The van der Waals surface area contributed by atoms with Gasteiger partial charge in [0.05, 0.1) is 19.1 Å². The lowest BCUT2D eigenvalue weighted by Crippen LogP contribution is -2.63. The molecule has 0 heterocycles. The third-order valence-electron chi connectivity index (χ3n) is 19.1. The summed E-state index contributed by atoms with van der Waals surface area (Å²) in [6, 6.07) is -2.53. The first-order valence-electron chi connectivity index (χ1n) is 39.1. The van der Waals surface area contributed by atoms with Crippen LogP contribution in [0.2, 0.25) is 0 Å². The maximum atomic E-state index is 14.8. The van der Waals surface area contributed by atoms with E-state index in [1.807, 2.05) is 0 Å². The normalized spacial score (nSPS) is 15.3. The Kier molecular flexibility index (Phi) is 46.7. The number of nitrogens with two attached hydrogens (primary N) is 5. The minimum absolute atomic E-state index is 0.000770. The molecule has 12 amide bonds. The van der Waals surface area contributed by atoms with E-state index in [0.717, 1.165) is 0 Å². The van der Waals surface area contributed by atoms with Gasteiger partial charge in [-0.15, -0.1) is 0 Å².